The SMILES string of the molecule is CCOc1ccc(NCc2cn3ccccc3n2)cc1. The summed E-state index contributed by atoms with van der Waals surface area (Å²) in [7, 11) is 0. The summed E-state index contributed by atoms with van der Waals surface area (Å²) in [5.41, 5.74) is 3.05. The zero-order valence-corrected chi connectivity index (χ0v) is 11.4. The Hall–Kier alpha value is -2.49. The topological polar surface area (TPSA) is 38.6 Å². The molecule has 0 aliphatic rings. The molecule has 0 spiro atoms. The Morgan fingerprint density at radius 2 is 2.00 bits per heavy atom. The van der Waals surface area contributed by atoms with Crippen LogP contribution in [0, 0.1) is 0 Å². The van der Waals surface area contributed by atoms with E-state index < -0.39 is 0 Å². The molecular weight excluding hydrogens is 250 g/mol. The summed E-state index contributed by atoms with van der Waals surface area (Å²) in [4.78, 5) is 4.55. The van der Waals surface area contributed by atoms with E-state index in [0.29, 0.717) is 13.2 Å². The average Bonchev–Trinajstić information content (AvgIpc) is 2.90. The lowest BCUT2D eigenvalue weighted by Gasteiger charge is -2.06. The van der Waals surface area contributed by atoms with E-state index in [-0.39, 0.29) is 0 Å². The molecule has 1 aromatic carbocycles. The van der Waals surface area contributed by atoms with Crippen molar-refractivity contribution in [3.05, 3.63) is 60.6 Å². The molecule has 0 unspecified atom stereocenters. The molecule has 0 bridgehead atoms. The van der Waals surface area contributed by atoms with E-state index >= 15 is 0 Å². The third-order valence-corrected chi connectivity index (χ3v) is 3.05. The highest BCUT2D eigenvalue weighted by molar-refractivity contribution is 5.47. The fourth-order valence-electron chi connectivity index (χ4n) is 2.10. The molecule has 0 fully saturated rings. The Morgan fingerprint density at radius 1 is 1.15 bits per heavy atom. The number of ether oxygens (including phenoxy) is 1. The van der Waals surface area contributed by atoms with Gasteiger partial charge in [0.15, 0.2) is 0 Å². The number of rotatable bonds is 5. The van der Waals surface area contributed by atoms with Gasteiger partial charge >= 0.3 is 0 Å². The summed E-state index contributed by atoms with van der Waals surface area (Å²) in [6.45, 7) is 3.37. The van der Waals surface area contributed by atoms with Crippen molar-refractivity contribution in [2.75, 3.05) is 11.9 Å². The van der Waals surface area contributed by atoms with E-state index in [4.69, 9.17) is 4.74 Å². The zero-order chi connectivity index (χ0) is 13.8. The molecule has 0 aliphatic carbocycles. The Kier molecular flexibility index (Phi) is 3.54. The Bertz CT molecular complexity index is 655. The van der Waals surface area contributed by atoms with Crippen LogP contribution in [0.4, 0.5) is 5.69 Å². The van der Waals surface area contributed by atoms with Crippen molar-refractivity contribution in [3.63, 3.8) is 0 Å². The van der Waals surface area contributed by atoms with E-state index in [9.17, 15) is 0 Å². The largest absolute Gasteiger partial charge is 0.494 e. The minimum Gasteiger partial charge on any atom is -0.494 e. The molecule has 2 heterocycles. The van der Waals surface area contributed by atoms with E-state index in [0.717, 1.165) is 22.8 Å². The second kappa shape index (κ2) is 5.65. The van der Waals surface area contributed by atoms with Crippen molar-refractivity contribution in [1.82, 2.24) is 9.38 Å². The molecule has 102 valence electrons. The van der Waals surface area contributed by atoms with Crippen LogP contribution in [0.15, 0.2) is 54.9 Å². The molecule has 0 aliphatic heterocycles. The van der Waals surface area contributed by atoms with Gasteiger partial charge in [-0.05, 0) is 43.3 Å². The number of benzene rings is 1. The molecular formula is C16H17N3O. The van der Waals surface area contributed by atoms with E-state index in [1.807, 2.05) is 66.2 Å². The molecule has 2 aromatic heterocycles. The highest BCUT2D eigenvalue weighted by atomic mass is 16.5. The van der Waals surface area contributed by atoms with Gasteiger partial charge in [-0.1, -0.05) is 6.07 Å². The summed E-state index contributed by atoms with van der Waals surface area (Å²) < 4.78 is 7.44. The summed E-state index contributed by atoms with van der Waals surface area (Å²) in [6.07, 6.45) is 4.04. The first-order valence-electron chi connectivity index (χ1n) is 6.74. The fourth-order valence-corrected chi connectivity index (χ4v) is 2.10. The Morgan fingerprint density at radius 3 is 2.75 bits per heavy atom. The number of aromatic nitrogens is 2. The number of hydrogen-bond donors (Lipinski definition) is 1. The van der Waals surface area contributed by atoms with E-state index in [1.165, 1.54) is 0 Å². The van der Waals surface area contributed by atoms with Gasteiger partial charge in [-0.25, -0.2) is 4.98 Å². The Balaban J connectivity index is 1.66. The standard InChI is InChI=1S/C16H17N3O/c1-2-20-15-8-6-13(7-9-15)17-11-14-12-19-10-4-3-5-16(19)18-14/h3-10,12,17H,2,11H2,1H3. The summed E-state index contributed by atoms with van der Waals surface area (Å²) in [5.74, 6) is 0.894. The first-order valence-corrected chi connectivity index (χ1v) is 6.74. The molecule has 20 heavy (non-hydrogen) atoms. The molecule has 0 radical (unpaired) electrons. The van der Waals surface area contributed by atoms with Crippen LogP contribution >= 0.6 is 0 Å². The van der Waals surface area contributed by atoms with Gasteiger partial charge in [0.1, 0.15) is 11.4 Å². The lowest BCUT2D eigenvalue weighted by atomic mass is 10.3. The van der Waals surface area contributed by atoms with Crippen LogP contribution in [-0.4, -0.2) is 16.0 Å². The van der Waals surface area contributed by atoms with Crippen molar-refractivity contribution in [2.24, 2.45) is 0 Å². The first kappa shape index (κ1) is 12.5. The number of nitrogens with zero attached hydrogens (tertiary/aromatic N) is 2. The average molecular weight is 267 g/mol. The maximum absolute atomic E-state index is 5.42. The molecule has 0 saturated carbocycles. The molecule has 3 aromatic rings. The summed E-state index contributed by atoms with van der Waals surface area (Å²) >= 11 is 0. The van der Waals surface area contributed by atoms with Gasteiger partial charge in [0.25, 0.3) is 0 Å². The van der Waals surface area contributed by atoms with Gasteiger partial charge in [0, 0.05) is 18.1 Å². The van der Waals surface area contributed by atoms with Crippen molar-refractivity contribution in [3.8, 4) is 5.75 Å². The van der Waals surface area contributed by atoms with Crippen LogP contribution in [0.3, 0.4) is 0 Å². The van der Waals surface area contributed by atoms with Gasteiger partial charge in [-0.3, -0.25) is 0 Å². The zero-order valence-electron chi connectivity index (χ0n) is 11.4. The fraction of sp³-hybridized carbons (Fsp3) is 0.188. The molecule has 0 saturated heterocycles. The van der Waals surface area contributed by atoms with E-state index in [2.05, 4.69) is 10.3 Å². The third kappa shape index (κ3) is 2.74. The van der Waals surface area contributed by atoms with E-state index in [1.54, 1.807) is 0 Å². The molecule has 3 rings (SSSR count). The predicted molar refractivity (Wildman–Crippen MR) is 80.1 cm³/mol. The van der Waals surface area contributed by atoms with Crippen LogP contribution in [0.5, 0.6) is 5.75 Å². The van der Waals surface area contributed by atoms with Crippen molar-refractivity contribution < 1.29 is 4.74 Å². The molecule has 0 amide bonds. The number of imidazole rings is 1. The van der Waals surface area contributed by atoms with Gasteiger partial charge < -0.3 is 14.5 Å². The van der Waals surface area contributed by atoms with Crippen LogP contribution in [0.25, 0.3) is 5.65 Å². The second-order valence-electron chi connectivity index (χ2n) is 4.51. The highest BCUT2D eigenvalue weighted by Crippen LogP contribution is 2.16. The smallest absolute Gasteiger partial charge is 0.137 e. The van der Waals surface area contributed by atoms with Crippen molar-refractivity contribution in [1.29, 1.82) is 0 Å². The Labute approximate surface area is 118 Å². The van der Waals surface area contributed by atoms with Gasteiger partial charge in [-0.15, -0.1) is 0 Å². The number of pyridine rings is 1. The lowest BCUT2D eigenvalue weighted by molar-refractivity contribution is 0.340. The molecule has 1 N–H and O–H groups in total. The normalized spacial score (nSPS) is 10.7. The maximum atomic E-state index is 5.42. The lowest BCUT2D eigenvalue weighted by Crippen LogP contribution is -1.99. The van der Waals surface area contributed by atoms with Gasteiger partial charge in [-0.2, -0.15) is 0 Å². The third-order valence-electron chi connectivity index (χ3n) is 3.05. The number of nitrogens with one attached hydrogen (secondary N) is 1. The number of anilines is 1. The first-order chi connectivity index (χ1) is 9.85. The van der Waals surface area contributed by atoms with Crippen LogP contribution in [-0.2, 0) is 6.54 Å². The number of hydrogen-bond acceptors (Lipinski definition) is 3. The molecule has 4 heteroatoms. The number of fused-ring (bicyclic) bond motifs is 1. The molecule has 0 atom stereocenters. The van der Waals surface area contributed by atoms with Crippen molar-refractivity contribution in [2.45, 2.75) is 13.5 Å². The minimum atomic E-state index is 0.689. The second-order valence-corrected chi connectivity index (χ2v) is 4.51. The van der Waals surface area contributed by atoms with Crippen LogP contribution in [0.1, 0.15) is 12.6 Å². The monoisotopic (exact) mass is 267 g/mol. The van der Waals surface area contributed by atoms with Crippen LogP contribution in [0.2, 0.25) is 0 Å². The minimum absolute atomic E-state index is 0.689. The van der Waals surface area contributed by atoms with Gasteiger partial charge in [0.2, 0.25) is 0 Å². The predicted octanol–water partition coefficient (Wildman–Crippen LogP) is 3.35. The molecule has 4 nitrogen and oxygen atoms in total. The highest BCUT2D eigenvalue weighted by Gasteiger charge is 2.01. The van der Waals surface area contributed by atoms with Crippen LogP contribution < -0.4 is 10.1 Å². The van der Waals surface area contributed by atoms with Crippen molar-refractivity contribution >= 4 is 11.3 Å². The summed E-state index contributed by atoms with van der Waals surface area (Å²) in [6, 6.07) is 14.0. The summed E-state index contributed by atoms with van der Waals surface area (Å²) in [5, 5.41) is 3.36. The van der Waals surface area contributed by atoms with Gasteiger partial charge in [0.05, 0.1) is 18.8 Å². The quantitative estimate of drug-likeness (QED) is 0.770. The maximum Gasteiger partial charge on any atom is 0.137 e.